The standard InChI is InChI=1S/C19H25N3O5/c1-19(17(26)21-18(27)22-19)14-10-8-13(9-11-14)16(25)20-12-6-4-2-3-5-7-15(23)24/h8-11H,2-7,12H2,1H3,(H,20,25)(H,23,24)(H2,21,22,26,27). The van der Waals surface area contributed by atoms with Crippen LogP contribution in [0.5, 0.6) is 0 Å². The van der Waals surface area contributed by atoms with Gasteiger partial charge in [-0.2, -0.15) is 0 Å². The molecular formula is C19H25N3O5. The Bertz CT molecular complexity index is 717. The van der Waals surface area contributed by atoms with Crippen molar-refractivity contribution in [2.24, 2.45) is 0 Å². The molecule has 0 radical (unpaired) electrons. The Balaban J connectivity index is 1.74. The van der Waals surface area contributed by atoms with Gasteiger partial charge in [0, 0.05) is 18.5 Å². The number of carboxylic acid groups (broad SMARTS) is 1. The average molecular weight is 375 g/mol. The van der Waals surface area contributed by atoms with Crippen LogP contribution in [0.4, 0.5) is 4.79 Å². The number of urea groups is 1. The summed E-state index contributed by atoms with van der Waals surface area (Å²) in [5, 5.41) is 16.2. The largest absolute Gasteiger partial charge is 0.481 e. The molecule has 1 fully saturated rings. The first-order chi connectivity index (χ1) is 12.8. The molecule has 0 bridgehead atoms. The highest BCUT2D eigenvalue weighted by Crippen LogP contribution is 2.24. The first kappa shape index (κ1) is 20.4. The van der Waals surface area contributed by atoms with Gasteiger partial charge in [0.25, 0.3) is 11.8 Å². The van der Waals surface area contributed by atoms with Crippen molar-refractivity contribution in [3.63, 3.8) is 0 Å². The molecule has 0 saturated carbocycles. The molecule has 4 N–H and O–H groups in total. The SMILES string of the molecule is CC1(c2ccc(C(=O)NCCCCCCCC(=O)O)cc2)NC(=O)NC1=O. The number of aliphatic carboxylic acids is 1. The van der Waals surface area contributed by atoms with Crippen LogP contribution in [-0.4, -0.2) is 35.5 Å². The molecule has 1 saturated heterocycles. The molecule has 0 aromatic heterocycles. The molecule has 1 aliphatic heterocycles. The maximum Gasteiger partial charge on any atom is 0.322 e. The van der Waals surface area contributed by atoms with Crippen LogP contribution in [0.15, 0.2) is 24.3 Å². The lowest BCUT2D eigenvalue weighted by molar-refractivity contribution is -0.137. The van der Waals surface area contributed by atoms with Gasteiger partial charge in [0.1, 0.15) is 5.54 Å². The summed E-state index contributed by atoms with van der Waals surface area (Å²) in [5.41, 5.74) is -0.0514. The molecule has 1 aromatic rings. The van der Waals surface area contributed by atoms with Crippen LogP contribution in [0.3, 0.4) is 0 Å². The number of carbonyl (C=O) groups excluding carboxylic acids is 3. The minimum absolute atomic E-state index is 0.197. The second-order valence-electron chi connectivity index (χ2n) is 6.78. The quantitative estimate of drug-likeness (QED) is 0.367. The Labute approximate surface area is 157 Å². The first-order valence-electron chi connectivity index (χ1n) is 9.07. The van der Waals surface area contributed by atoms with Crippen molar-refractivity contribution < 1.29 is 24.3 Å². The highest BCUT2D eigenvalue weighted by Gasteiger charge is 2.43. The van der Waals surface area contributed by atoms with E-state index in [-0.39, 0.29) is 12.3 Å². The van der Waals surface area contributed by atoms with E-state index in [2.05, 4.69) is 16.0 Å². The zero-order valence-corrected chi connectivity index (χ0v) is 15.3. The topological polar surface area (TPSA) is 125 Å². The molecule has 8 nitrogen and oxygen atoms in total. The molecule has 8 heteroatoms. The maximum atomic E-state index is 12.2. The Hall–Kier alpha value is -2.90. The van der Waals surface area contributed by atoms with Gasteiger partial charge in [0.2, 0.25) is 0 Å². The molecule has 0 aliphatic carbocycles. The molecule has 1 aliphatic rings. The predicted octanol–water partition coefficient (Wildman–Crippen LogP) is 1.90. The Morgan fingerprint density at radius 1 is 1.04 bits per heavy atom. The van der Waals surface area contributed by atoms with Gasteiger partial charge < -0.3 is 15.7 Å². The highest BCUT2D eigenvalue weighted by atomic mass is 16.4. The van der Waals surface area contributed by atoms with E-state index in [9.17, 15) is 19.2 Å². The lowest BCUT2D eigenvalue weighted by atomic mass is 9.91. The molecule has 1 heterocycles. The lowest BCUT2D eigenvalue weighted by Crippen LogP contribution is -2.40. The van der Waals surface area contributed by atoms with E-state index >= 15 is 0 Å². The number of amides is 4. The zero-order valence-electron chi connectivity index (χ0n) is 15.3. The minimum Gasteiger partial charge on any atom is -0.481 e. The summed E-state index contributed by atoms with van der Waals surface area (Å²) >= 11 is 0. The van der Waals surface area contributed by atoms with Crippen LogP contribution in [0.1, 0.15) is 61.4 Å². The van der Waals surface area contributed by atoms with E-state index < -0.39 is 23.4 Å². The Morgan fingerprint density at radius 2 is 1.67 bits per heavy atom. The summed E-state index contributed by atoms with van der Waals surface area (Å²) in [7, 11) is 0. The van der Waals surface area contributed by atoms with Crippen molar-refractivity contribution >= 4 is 23.8 Å². The molecule has 2 rings (SSSR count). The zero-order chi connectivity index (χ0) is 19.9. The number of hydrogen-bond donors (Lipinski definition) is 4. The second kappa shape index (κ2) is 9.16. The molecule has 146 valence electrons. The number of nitrogens with one attached hydrogen (secondary N) is 3. The van der Waals surface area contributed by atoms with E-state index in [1.54, 1.807) is 31.2 Å². The van der Waals surface area contributed by atoms with E-state index in [1.807, 2.05) is 0 Å². The predicted molar refractivity (Wildman–Crippen MR) is 98.1 cm³/mol. The van der Waals surface area contributed by atoms with Gasteiger partial charge in [-0.05, 0) is 37.5 Å². The smallest absolute Gasteiger partial charge is 0.322 e. The molecule has 1 atom stereocenters. The molecule has 27 heavy (non-hydrogen) atoms. The molecule has 0 spiro atoms. The normalized spacial score (nSPS) is 18.7. The molecule has 4 amide bonds. The van der Waals surface area contributed by atoms with Crippen molar-refractivity contribution in [2.45, 2.75) is 51.0 Å². The third-order valence-corrected chi connectivity index (χ3v) is 4.62. The minimum atomic E-state index is -1.13. The van der Waals surface area contributed by atoms with Gasteiger partial charge in [-0.3, -0.25) is 19.7 Å². The number of carboxylic acids is 1. The lowest BCUT2D eigenvalue weighted by Gasteiger charge is -2.21. The van der Waals surface area contributed by atoms with Crippen molar-refractivity contribution in [3.05, 3.63) is 35.4 Å². The first-order valence-corrected chi connectivity index (χ1v) is 9.07. The summed E-state index contributed by atoms with van der Waals surface area (Å²) in [6, 6.07) is 6.02. The summed E-state index contributed by atoms with van der Waals surface area (Å²) in [6.45, 7) is 2.16. The van der Waals surface area contributed by atoms with Gasteiger partial charge in [-0.25, -0.2) is 4.79 Å². The second-order valence-corrected chi connectivity index (χ2v) is 6.78. The fourth-order valence-corrected chi connectivity index (χ4v) is 2.94. The Morgan fingerprint density at radius 3 is 2.26 bits per heavy atom. The van der Waals surface area contributed by atoms with Crippen LogP contribution < -0.4 is 16.0 Å². The van der Waals surface area contributed by atoms with Crippen LogP contribution >= 0.6 is 0 Å². The van der Waals surface area contributed by atoms with Gasteiger partial charge >= 0.3 is 12.0 Å². The fraction of sp³-hybridized carbons (Fsp3) is 0.474. The highest BCUT2D eigenvalue weighted by molar-refractivity contribution is 6.07. The monoisotopic (exact) mass is 375 g/mol. The van der Waals surface area contributed by atoms with Crippen molar-refractivity contribution in [2.75, 3.05) is 6.54 Å². The maximum absolute atomic E-state index is 12.2. The van der Waals surface area contributed by atoms with Crippen molar-refractivity contribution in [1.82, 2.24) is 16.0 Å². The van der Waals surface area contributed by atoms with E-state index in [1.165, 1.54) is 0 Å². The van der Waals surface area contributed by atoms with Crippen molar-refractivity contribution in [1.29, 1.82) is 0 Å². The van der Waals surface area contributed by atoms with Gasteiger partial charge in [0.15, 0.2) is 0 Å². The number of benzene rings is 1. The Kier molecular flexibility index (Phi) is 6.92. The summed E-state index contributed by atoms with van der Waals surface area (Å²) in [5.74, 6) is -1.39. The summed E-state index contributed by atoms with van der Waals surface area (Å²) in [4.78, 5) is 45.8. The number of carbonyl (C=O) groups is 4. The molecular weight excluding hydrogens is 350 g/mol. The molecule has 1 unspecified atom stereocenters. The van der Waals surface area contributed by atoms with E-state index in [4.69, 9.17) is 5.11 Å². The number of imide groups is 1. The van der Waals surface area contributed by atoms with Gasteiger partial charge in [-0.1, -0.05) is 31.4 Å². The van der Waals surface area contributed by atoms with Crippen LogP contribution in [0.25, 0.3) is 0 Å². The van der Waals surface area contributed by atoms with Crippen LogP contribution in [0, 0.1) is 0 Å². The fourth-order valence-electron chi connectivity index (χ4n) is 2.94. The number of unbranched alkanes of at least 4 members (excludes halogenated alkanes) is 4. The van der Waals surface area contributed by atoms with Gasteiger partial charge in [0.05, 0.1) is 0 Å². The number of hydrogen-bond acceptors (Lipinski definition) is 4. The van der Waals surface area contributed by atoms with Crippen molar-refractivity contribution in [3.8, 4) is 0 Å². The van der Waals surface area contributed by atoms with Gasteiger partial charge in [-0.15, -0.1) is 0 Å². The molecule has 1 aromatic carbocycles. The average Bonchev–Trinajstić information content (AvgIpc) is 2.90. The summed E-state index contributed by atoms with van der Waals surface area (Å²) < 4.78 is 0. The number of rotatable bonds is 10. The van der Waals surface area contributed by atoms with E-state index in [0.717, 1.165) is 25.7 Å². The van der Waals surface area contributed by atoms with E-state index in [0.29, 0.717) is 24.1 Å². The van der Waals surface area contributed by atoms with Crippen LogP contribution in [-0.2, 0) is 15.1 Å². The third-order valence-electron chi connectivity index (χ3n) is 4.62. The van der Waals surface area contributed by atoms with Crippen LogP contribution in [0.2, 0.25) is 0 Å². The summed E-state index contributed by atoms with van der Waals surface area (Å²) in [6.07, 6.45) is 4.49. The third kappa shape index (κ3) is 5.54.